The first-order valence-electron chi connectivity index (χ1n) is 12.1. The van der Waals surface area contributed by atoms with E-state index in [0.717, 1.165) is 19.4 Å². The molecule has 1 unspecified atom stereocenters. The second-order valence-electron chi connectivity index (χ2n) is 11.5. The first kappa shape index (κ1) is 23.3. The van der Waals surface area contributed by atoms with E-state index in [1.807, 2.05) is 6.07 Å². The Labute approximate surface area is 195 Å². The van der Waals surface area contributed by atoms with Gasteiger partial charge in [0, 0.05) is 37.2 Å². The number of nitrogens with zero attached hydrogens (tertiary/aromatic N) is 1. The van der Waals surface area contributed by atoms with Crippen molar-refractivity contribution in [2.24, 2.45) is 11.3 Å². The molecule has 2 aromatic rings. The number of benzene rings is 2. The zero-order valence-electron chi connectivity index (χ0n) is 20.6. The number of ketones is 1. The second-order valence-corrected chi connectivity index (χ2v) is 16.3. The minimum atomic E-state index is -1.91. The molecule has 0 aliphatic heterocycles. The molecule has 4 heteroatoms. The van der Waals surface area contributed by atoms with E-state index in [4.69, 9.17) is 4.43 Å². The highest BCUT2D eigenvalue weighted by atomic mass is 28.4. The van der Waals surface area contributed by atoms with Crippen molar-refractivity contribution in [2.45, 2.75) is 70.2 Å². The van der Waals surface area contributed by atoms with Gasteiger partial charge in [0.25, 0.3) is 0 Å². The number of hydrogen-bond donors (Lipinski definition) is 0. The molecule has 2 saturated carbocycles. The van der Waals surface area contributed by atoms with Gasteiger partial charge in [-0.3, -0.25) is 4.79 Å². The van der Waals surface area contributed by atoms with Gasteiger partial charge in [-0.15, -0.1) is 0 Å². The highest BCUT2D eigenvalue weighted by molar-refractivity contribution is 6.74. The predicted octanol–water partition coefficient (Wildman–Crippen LogP) is 6.67. The molecule has 32 heavy (non-hydrogen) atoms. The van der Waals surface area contributed by atoms with E-state index in [1.165, 1.54) is 11.3 Å². The van der Waals surface area contributed by atoms with Crippen molar-refractivity contribution in [3.63, 3.8) is 0 Å². The van der Waals surface area contributed by atoms with Gasteiger partial charge in [0.05, 0.1) is 5.92 Å². The lowest BCUT2D eigenvalue weighted by molar-refractivity contribution is -0.119. The Kier molecular flexibility index (Phi) is 6.15. The van der Waals surface area contributed by atoms with E-state index < -0.39 is 8.32 Å². The van der Waals surface area contributed by atoms with Crippen molar-refractivity contribution in [1.29, 1.82) is 0 Å². The smallest absolute Gasteiger partial charge is 0.192 e. The van der Waals surface area contributed by atoms with Crippen LogP contribution in [0.1, 0.15) is 51.5 Å². The van der Waals surface area contributed by atoms with Crippen LogP contribution < -0.4 is 4.90 Å². The molecular formula is C28H39NO2Si. The molecule has 0 amide bonds. The number of carbonyl (C=O) groups is 1. The van der Waals surface area contributed by atoms with Crippen molar-refractivity contribution in [1.82, 2.24) is 0 Å². The lowest BCUT2D eigenvalue weighted by atomic mass is 9.70. The average molecular weight is 450 g/mol. The van der Waals surface area contributed by atoms with Crippen LogP contribution >= 0.6 is 0 Å². The fourth-order valence-electron chi connectivity index (χ4n) is 5.88. The molecule has 0 bridgehead atoms. The second kappa shape index (κ2) is 8.46. The summed E-state index contributed by atoms with van der Waals surface area (Å²) in [5.41, 5.74) is 2.30. The van der Waals surface area contributed by atoms with Gasteiger partial charge in [-0.05, 0) is 54.6 Å². The zero-order chi connectivity index (χ0) is 23.1. The maximum absolute atomic E-state index is 13.6. The summed E-state index contributed by atoms with van der Waals surface area (Å²) in [5.74, 6) is 0.625. The van der Waals surface area contributed by atoms with Gasteiger partial charge in [0.1, 0.15) is 5.78 Å². The number of para-hydroxylation sites is 1. The molecule has 0 N–H and O–H groups in total. The third-order valence-corrected chi connectivity index (χ3v) is 13.0. The standard InChI is InChI=1S/C28H39NO2Si/c1-27(2,3)32(5,6)31-25-17-18-28(20-29(4)22-15-11-8-12-16-22)23(25)19-24(30)26(28)21-13-9-7-10-14-21/h7-16,23,25-26H,17-20H2,1-6H3/t23-,25+,26?,28-/m0/s1. The van der Waals surface area contributed by atoms with Crippen LogP contribution in [-0.4, -0.2) is 33.8 Å². The summed E-state index contributed by atoms with van der Waals surface area (Å²) in [7, 11) is 0.260. The van der Waals surface area contributed by atoms with Crippen molar-refractivity contribution < 1.29 is 9.22 Å². The van der Waals surface area contributed by atoms with Gasteiger partial charge in [0.15, 0.2) is 8.32 Å². The van der Waals surface area contributed by atoms with Gasteiger partial charge in [-0.1, -0.05) is 69.3 Å². The Balaban J connectivity index is 1.71. The highest BCUT2D eigenvalue weighted by Gasteiger charge is 2.62. The summed E-state index contributed by atoms with van der Waals surface area (Å²) in [4.78, 5) is 15.9. The average Bonchev–Trinajstić information content (AvgIpc) is 3.20. The Bertz CT molecular complexity index is 937. The van der Waals surface area contributed by atoms with Crippen LogP contribution in [0.3, 0.4) is 0 Å². The lowest BCUT2D eigenvalue weighted by Crippen LogP contribution is -2.47. The van der Waals surface area contributed by atoms with Crippen molar-refractivity contribution >= 4 is 19.8 Å². The molecule has 2 aromatic carbocycles. The van der Waals surface area contributed by atoms with Crippen LogP contribution in [0.4, 0.5) is 5.69 Å². The maximum Gasteiger partial charge on any atom is 0.192 e. The van der Waals surface area contributed by atoms with Crippen molar-refractivity contribution in [3.05, 3.63) is 66.2 Å². The number of carbonyl (C=O) groups excluding carboxylic acids is 1. The number of Topliss-reactive ketones (excluding diaryl/α,β-unsaturated/α-hetero) is 1. The van der Waals surface area contributed by atoms with E-state index in [-0.39, 0.29) is 28.4 Å². The Morgan fingerprint density at radius 2 is 1.62 bits per heavy atom. The van der Waals surface area contributed by atoms with Crippen LogP contribution in [0.5, 0.6) is 0 Å². The monoisotopic (exact) mass is 449 g/mol. The van der Waals surface area contributed by atoms with Gasteiger partial charge in [0.2, 0.25) is 0 Å². The van der Waals surface area contributed by atoms with Crippen molar-refractivity contribution in [3.8, 4) is 0 Å². The third kappa shape index (κ3) is 4.08. The molecular weight excluding hydrogens is 410 g/mol. The summed E-state index contributed by atoms with van der Waals surface area (Å²) in [5, 5.41) is 0.167. The number of anilines is 1. The van der Waals surface area contributed by atoms with E-state index >= 15 is 0 Å². The molecule has 0 spiro atoms. The molecule has 3 nitrogen and oxygen atoms in total. The fourth-order valence-corrected chi connectivity index (χ4v) is 7.27. The summed E-state index contributed by atoms with van der Waals surface area (Å²) in [6.45, 7) is 12.5. The zero-order valence-corrected chi connectivity index (χ0v) is 21.6. The van der Waals surface area contributed by atoms with Gasteiger partial charge < -0.3 is 9.33 Å². The normalized spacial score (nSPS) is 28.1. The van der Waals surface area contributed by atoms with Crippen LogP contribution in [0.25, 0.3) is 0 Å². The predicted molar refractivity (Wildman–Crippen MR) is 136 cm³/mol. The van der Waals surface area contributed by atoms with Crippen LogP contribution in [0.15, 0.2) is 60.7 Å². The van der Waals surface area contributed by atoms with E-state index in [2.05, 4.69) is 100 Å². The number of fused-ring (bicyclic) bond motifs is 1. The van der Waals surface area contributed by atoms with E-state index in [0.29, 0.717) is 12.2 Å². The van der Waals surface area contributed by atoms with Gasteiger partial charge in [-0.2, -0.15) is 0 Å². The van der Waals surface area contributed by atoms with E-state index in [9.17, 15) is 4.79 Å². The topological polar surface area (TPSA) is 29.5 Å². The van der Waals surface area contributed by atoms with Gasteiger partial charge >= 0.3 is 0 Å². The molecule has 0 saturated heterocycles. The molecule has 4 rings (SSSR count). The summed E-state index contributed by atoms with van der Waals surface area (Å²) < 4.78 is 6.99. The summed E-state index contributed by atoms with van der Waals surface area (Å²) in [6.07, 6.45) is 2.91. The Morgan fingerprint density at radius 1 is 1.03 bits per heavy atom. The molecule has 2 aliphatic carbocycles. The molecule has 4 atom stereocenters. The minimum Gasteiger partial charge on any atom is -0.414 e. The first-order valence-corrected chi connectivity index (χ1v) is 15.0. The largest absolute Gasteiger partial charge is 0.414 e. The Morgan fingerprint density at radius 3 is 2.22 bits per heavy atom. The van der Waals surface area contributed by atoms with Gasteiger partial charge in [-0.25, -0.2) is 0 Å². The van der Waals surface area contributed by atoms with Crippen LogP contribution in [0, 0.1) is 11.3 Å². The van der Waals surface area contributed by atoms with Crippen LogP contribution in [0.2, 0.25) is 18.1 Å². The molecule has 0 heterocycles. The summed E-state index contributed by atoms with van der Waals surface area (Å²) >= 11 is 0. The van der Waals surface area contributed by atoms with E-state index in [1.54, 1.807) is 0 Å². The maximum atomic E-state index is 13.6. The SMILES string of the molecule is CN(C[C@@]12CC[C@@H](O[Si](C)(C)C(C)(C)C)[C@@H]1CC(=O)C2c1ccccc1)c1ccccc1. The number of rotatable bonds is 6. The summed E-state index contributed by atoms with van der Waals surface area (Å²) in [6, 6.07) is 21.1. The molecule has 2 fully saturated rings. The fraction of sp³-hybridized carbons (Fsp3) is 0.536. The van der Waals surface area contributed by atoms with Crippen molar-refractivity contribution in [2.75, 3.05) is 18.5 Å². The molecule has 2 aliphatic rings. The first-order chi connectivity index (χ1) is 15.1. The molecule has 172 valence electrons. The number of hydrogen-bond acceptors (Lipinski definition) is 3. The minimum absolute atomic E-state index is 0.0483. The van der Waals surface area contributed by atoms with Crippen LogP contribution in [-0.2, 0) is 9.22 Å². The highest BCUT2D eigenvalue weighted by Crippen LogP contribution is 2.61. The molecule has 0 aromatic heterocycles. The Hall–Kier alpha value is -1.91. The third-order valence-electron chi connectivity index (χ3n) is 8.51. The molecule has 0 radical (unpaired) electrons. The quantitative estimate of drug-likeness (QED) is 0.461. The lowest BCUT2D eigenvalue weighted by Gasteiger charge is -2.42.